The Morgan fingerprint density at radius 2 is 1.69 bits per heavy atom. The number of nitrogens with one attached hydrogen (secondary N) is 1. The van der Waals surface area contributed by atoms with Crippen molar-refractivity contribution in [1.29, 1.82) is 0 Å². The number of hydrogen-bond donors (Lipinski definition) is 2. The first kappa shape index (κ1) is 21.4. The Morgan fingerprint density at radius 1 is 0.966 bits per heavy atom. The molecule has 0 amide bonds. The van der Waals surface area contributed by atoms with Crippen molar-refractivity contribution in [2.75, 3.05) is 24.5 Å². The topological polar surface area (TPSA) is 45.0 Å². The molecule has 3 aromatic rings. The molecule has 2 aromatic carbocycles. The highest BCUT2D eigenvalue weighted by Gasteiger charge is 2.17. The number of fused-ring (bicyclic) bond motifs is 1. The van der Waals surface area contributed by atoms with E-state index in [9.17, 15) is 0 Å². The van der Waals surface area contributed by atoms with Crippen molar-refractivity contribution in [3.63, 3.8) is 0 Å². The average Bonchev–Trinajstić information content (AvgIpc) is 3.13. The van der Waals surface area contributed by atoms with Gasteiger partial charge in [-0.3, -0.25) is 0 Å². The molecule has 0 radical (unpaired) electrons. The maximum Gasteiger partial charge on any atom is 0.0497 e. The first-order valence-corrected chi connectivity index (χ1v) is 11.3. The lowest BCUT2D eigenvalue weighted by molar-refractivity contribution is 0.738. The fourth-order valence-corrected chi connectivity index (χ4v) is 4.31. The van der Waals surface area contributed by atoms with E-state index in [4.69, 9.17) is 5.73 Å². The maximum atomic E-state index is 5.77. The summed E-state index contributed by atoms with van der Waals surface area (Å²) in [5.41, 5.74) is 13.8. The molecule has 3 heteroatoms. The molecule has 0 aliphatic heterocycles. The van der Waals surface area contributed by atoms with Crippen LogP contribution in [0.4, 0.5) is 5.69 Å². The van der Waals surface area contributed by atoms with Crippen molar-refractivity contribution in [2.24, 2.45) is 5.73 Å². The second-order valence-electron chi connectivity index (χ2n) is 8.02. The third kappa shape index (κ3) is 4.51. The van der Waals surface area contributed by atoms with E-state index >= 15 is 0 Å². The van der Waals surface area contributed by atoms with Gasteiger partial charge < -0.3 is 15.6 Å². The third-order valence-electron chi connectivity index (χ3n) is 6.28. The molecule has 29 heavy (non-hydrogen) atoms. The zero-order valence-corrected chi connectivity index (χ0v) is 18.6. The summed E-state index contributed by atoms with van der Waals surface area (Å²) in [5, 5.41) is 1.38. The Hall–Kier alpha value is -2.26. The normalized spacial score (nSPS) is 12.4. The number of hydrogen-bond acceptors (Lipinski definition) is 2. The van der Waals surface area contributed by atoms with Gasteiger partial charge in [0.2, 0.25) is 0 Å². The summed E-state index contributed by atoms with van der Waals surface area (Å²) in [7, 11) is 0. The maximum absolute atomic E-state index is 5.77. The number of aromatic amines is 1. The molecule has 0 spiro atoms. The number of unbranched alkanes of at least 4 members (excludes halogenated alkanes) is 1. The zero-order chi connectivity index (χ0) is 20.8. The number of H-pyrrole nitrogens is 1. The van der Waals surface area contributed by atoms with Crippen LogP contribution in [0.25, 0.3) is 22.2 Å². The van der Waals surface area contributed by atoms with Crippen molar-refractivity contribution >= 4 is 16.6 Å². The molecule has 3 N–H and O–H groups in total. The van der Waals surface area contributed by atoms with Crippen LogP contribution in [0.1, 0.15) is 64.0 Å². The summed E-state index contributed by atoms with van der Waals surface area (Å²) in [6.07, 6.45) is 4.41. The predicted molar refractivity (Wildman–Crippen MR) is 128 cm³/mol. The van der Waals surface area contributed by atoms with Crippen molar-refractivity contribution in [3.05, 3.63) is 53.6 Å². The lowest BCUT2D eigenvalue weighted by Crippen LogP contribution is -2.21. The molecule has 1 heterocycles. The number of nitrogens with two attached hydrogens (primary N) is 1. The van der Waals surface area contributed by atoms with Gasteiger partial charge in [-0.2, -0.15) is 0 Å². The number of anilines is 1. The van der Waals surface area contributed by atoms with E-state index in [0.717, 1.165) is 45.3 Å². The Kier molecular flexibility index (Phi) is 7.38. The molecule has 0 bridgehead atoms. The highest BCUT2D eigenvalue weighted by Crippen LogP contribution is 2.36. The number of aromatic nitrogens is 1. The van der Waals surface area contributed by atoms with Gasteiger partial charge in [0, 0.05) is 35.4 Å². The van der Waals surface area contributed by atoms with Gasteiger partial charge in [0.05, 0.1) is 0 Å². The lowest BCUT2D eigenvalue weighted by Gasteiger charge is -2.21. The molecule has 0 fully saturated rings. The summed E-state index contributed by atoms with van der Waals surface area (Å²) < 4.78 is 0. The SMILES string of the molecule is CCC(C)c1cccc2c(CCCCN)c(-c3ccc(N(CC)CC)cc3)[nH]c12. The van der Waals surface area contributed by atoms with E-state index < -0.39 is 0 Å². The summed E-state index contributed by atoms with van der Waals surface area (Å²) >= 11 is 0. The van der Waals surface area contributed by atoms with E-state index in [0.29, 0.717) is 5.92 Å². The van der Waals surface area contributed by atoms with Crippen LogP contribution < -0.4 is 10.6 Å². The van der Waals surface area contributed by atoms with Gasteiger partial charge in [-0.05, 0) is 80.8 Å². The lowest BCUT2D eigenvalue weighted by atomic mass is 9.94. The molecule has 1 atom stereocenters. The smallest absolute Gasteiger partial charge is 0.0497 e. The number of nitrogens with zero attached hydrogens (tertiary/aromatic N) is 1. The molecule has 3 rings (SSSR count). The summed E-state index contributed by atoms with van der Waals surface area (Å²) in [5.74, 6) is 0.548. The number of benzene rings is 2. The molecule has 0 aliphatic rings. The molecular formula is C26H37N3. The number of para-hydroxylation sites is 1. The fourth-order valence-electron chi connectivity index (χ4n) is 4.31. The Labute approximate surface area is 176 Å². The van der Waals surface area contributed by atoms with Crippen molar-refractivity contribution < 1.29 is 0 Å². The van der Waals surface area contributed by atoms with E-state index in [1.54, 1.807) is 0 Å². The molecule has 3 nitrogen and oxygen atoms in total. The van der Waals surface area contributed by atoms with E-state index in [-0.39, 0.29) is 0 Å². The fraction of sp³-hybridized carbons (Fsp3) is 0.462. The largest absolute Gasteiger partial charge is 0.372 e. The van der Waals surface area contributed by atoms with E-state index in [1.165, 1.54) is 39.0 Å². The zero-order valence-electron chi connectivity index (χ0n) is 18.6. The van der Waals surface area contributed by atoms with Crippen LogP contribution in [0.5, 0.6) is 0 Å². The Balaban J connectivity index is 2.08. The van der Waals surface area contributed by atoms with Gasteiger partial charge in [-0.15, -0.1) is 0 Å². The van der Waals surface area contributed by atoms with E-state index in [1.807, 2.05) is 0 Å². The molecule has 1 unspecified atom stereocenters. The van der Waals surface area contributed by atoms with Crippen LogP contribution in [0.3, 0.4) is 0 Å². The molecule has 1 aromatic heterocycles. The van der Waals surface area contributed by atoms with Crippen LogP contribution in [-0.4, -0.2) is 24.6 Å². The monoisotopic (exact) mass is 391 g/mol. The first-order chi connectivity index (χ1) is 14.1. The minimum atomic E-state index is 0.548. The second-order valence-corrected chi connectivity index (χ2v) is 8.02. The number of rotatable bonds is 10. The average molecular weight is 392 g/mol. The summed E-state index contributed by atoms with van der Waals surface area (Å²) in [4.78, 5) is 6.21. The molecule has 156 valence electrons. The van der Waals surface area contributed by atoms with Crippen LogP contribution in [0, 0.1) is 0 Å². The van der Waals surface area contributed by atoms with Gasteiger partial charge in [0.1, 0.15) is 0 Å². The van der Waals surface area contributed by atoms with E-state index in [2.05, 4.69) is 80.0 Å². The van der Waals surface area contributed by atoms with Gasteiger partial charge in [-0.1, -0.05) is 44.2 Å². The van der Waals surface area contributed by atoms with Crippen molar-refractivity contribution in [1.82, 2.24) is 4.98 Å². The highest BCUT2D eigenvalue weighted by molar-refractivity contribution is 5.93. The van der Waals surface area contributed by atoms with Gasteiger partial charge in [0.25, 0.3) is 0 Å². The highest BCUT2D eigenvalue weighted by atomic mass is 15.1. The first-order valence-electron chi connectivity index (χ1n) is 11.3. The van der Waals surface area contributed by atoms with Crippen LogP contribution in [0.15, 0.2) is 42.5 Å². The molecule has 0 aliphatic carbocycles. The van der Waals surface area contributed by atoms with Gasteiger partial charge >= 0.3 is 0 Å². The summed E-state index contributed by atoms with van der Waals surface area (Å²) in [6, 6.07) is 15.8. The third-order valence-corrected chi connectivity index (χ3v) is 6.28. The van der Waals surface area contributed by atoms with Crippen molar-refractivity contribution in [2.45, 2.75) is 59.3 Å². The Bertz CT molecular complexity index is 904. The van der Waals surface area contributed by atoms with Crippen LogP contribution >= 0.6 is 0 Å². The molecule has 0 saturated carbocycles. The molecule has 0 saturated heterocycles. The van der Waals surface area contributed by atoms with Crippen molar-refractivity contribution in [3.8, 4) is 11.3 Å². The minimum absolute atomic E-state index is 0.548. The molecular weight excluding hydrogens is 354 g/mol. The Morgan fingerprint density at radius 3 is 2.31 bits per heavy atom. The quantitative estimate of drug-likeness (QED) is 0.389. The van der Waals surface area contributed by atoms with Crippen LogP contribution in [-0.2, 0) is 6.42 Å². The minimum Gasteiger partial charge on any atom is -0.372 e. The number of aryl methyl sites for hydroxylation is 1. The van der Waals surface area contributed by atoms with Gasteiger partial charge in [0.15, 0.2) is 0 Å². The van der Waals surface area contributed by atoms with Crippen LogP contribution in [0.2, 0.25) is 0 Å². The second kappa shape index (κ2) is 9.98. The summed E-state index contributed by atoms with van der Waals surface area (Å²) in [6.45, 7) is 11.8. The van der Waals surface area contributed by atoms with Gasteiger partial charge in [-0.25, -0.2) is 0 Å². The predicted octanol–water partition coefficient (Wildman–Crippen LogP) is 6.48. The standard InChI is InChI=1S/C26H37N3/c1-5-19(4)22-12-10-13-24-23(11-8-9-18-27)25(28-26(22)24)20-14-16-21(17-15-20)29(6-2)7-3/h10,12-17,19,28H,5-9,11,18,27H2,1-4H3.